The van der Waals surface area contributed by atoms with Crippen LogP contribution in [0.25, 0.3) is 22.3 Å². The van der Waals surface area contributed by atoms with Crippen molar-refractivity contribution in [1.82, 2.24) is 19.3 Å². The van der Waals surface area contributed by atoms with Crippen LogP contribution in [0.5, 0.6) is 0 Å². The number of nitrogens with one attached hydrogen (secondary N) is 1. The van der Waals surface area contributed by atoms with Crippen LogP contribution in [0.15, 0.2) is 101 Å². The SMILES string of the molecule is CCc1nc2c(C)cc(C)nc2n1Cc1ccc(-c2cc(Cc3ccccc3)sc2S(=O)(=O)NC(=O)c2ccccc2)cc1. The molecule has 3 aromatic carbocycles. The molecule has 0 aliphatic heterocycles. The first-order valence-corrected chi connectivity index (χ1v) is 16.7. The summed E-state index contributed by atoms with van der Waals surface area (Å²) in [5, 5.41) is 0. The van der Waals surface area contributed by atoms with Crippen molar-refractivity contribution in [2.45, 2.75) is 44.4 Å². The monoisotopic (exact) mass is 620 g/mol. The van der Waals surface area contributed by atoms with Crippen LogP contribution in [0.3, 0.4) is 0 Å². The van der Waals surface area contributed by atoms with Gasteiger partial charge >= 0.3 is 0 Å². The Bertz CT molecular complexity index is 2070. The predicted octanol–water partition coefficient (Wildman–Crippen LogP) is 7.10. The van der Waals surface area contributed by atoms with E-state index < -0.39 is 15.9 Å². The Kier molecular flexibility index (Phi) is 8.16. The minimum absolute atomic E-state index is 0.115. The minimum Gasteiger partial charge on any atom is -0.308 e. The van der Waals surface area contributed by atoms with Crippen molar-refractivity contribution in [2.24, 2.45) is 0 Å². The maximum atomic E-state index is 13.7. The van der Waals surface area contributed by atoms with Gasteiger partial charge in [-0.2, -0.15) is 0 Å². The molecule has 44 heavy (non-hydrogen) atoms. The molecule has 0 fully saturated rings. The van der Waals surface area contributed by atoms with E-state index in [0.29, 0.717) is 18.5 Å². The lowest BCUT2D eigenvalue weighted by Gasteiger charge is -2.10. The Hall–Kier alpha value is -4.60. The summed E-state index contributed by atoms with van der Waals surface area (Å²) in [7, 11) is -4.15. The maximum absolute atomic E-state index is 13.7. The number of sulfonamides is 1. The van der Waals surface area contributed by atoms with Crippen LogP contribution in [0.1, 0.15) is 50.4 Å². The molecule has 0 unspecified atom stereocenters. The van der Waals surface area contributed by atoms with Gasteiger partial charge in [-0.3, -0.25) is 4.79 Å². The number of fused-ring (bicyclic) bond motifs is 1. The zero-order chi connectivity index (χ0) is 30.8. The highest BCUT2D eigenvalue weighted by Crippen LogP contribution is 2.36. The highest BCUT2D eigenvalue weighted by atomic mass is 32.2. The zero-order valence-corrected chi connectivity index (χ0v) is 26.4. The average Bonchev–Trinajstić information content (AvgIpc) is 3.60. The van der Waals surface area contributed by atoms with Gasteiger partial charge in [-0.25, -0.2) is 23.1 Å². The average molecular weight is 621 g/mol. The van der Waals surface area contributed by atoms with Gasteiger partial charge in [0.05, 0.1) is 6.54 Å². The number of carbonyl (C=O) groups is 1. The molecule has 0 radical (unpaired) electrons. The van der Waals surface area contributed by atoms with Crippen molar-refractivity contribution in [1.29, 1.82) is 0 Å². The third-order valence-electron chi connectivity index (χ3n) is 7.50. The van der Waals surface area contributed by atoms with E-state index in [4.69, 9.17) is 9.97 Å². The van der Waals surface area contributed by atoms with Gasteiger partial charge in [-0.15, -0.1) is 11.3 Å². The number of carbonyl (C=O) groups excluding carboxylic acids is 1. The van der Waals surface area contributed by atoms with Crippen molar-refractivity contribution < 1.29 is 13.2 Å². The molecule has 0 saturated carbocycles. The number of aromatic nitrogens is 3. The largest absolute Gasteiger partial charge is 0.308 e. The third kappa shape index (κ3) is 6.06. The van der Waals surface area contributed by atoms with Crippen LogP contribution in [-0.2, 0) is 29.4 Å². The van der Waals surface area contributed by atoms with Gasteiger partial charge < -0.3 is 4.57 Å². The Morgan fingerprint density at radius 3 is 2.23 bits per heavy atom. The number of benzene rings is 3. The molecule has 222 valence electrons. The number of hydrogen-bond donors (Lipinski definition) is 1. The molecule has 6 aromatic rings. The smallest absolute Gasteiger partial charge is 0.274 e. The lowest BCUT2D eigenvalue weighted by molar-refractivity contribution is 0.0981. The third-order valence-corrected chi connectivity index (χ3v) is 10.5. The van der Waals surface area contributed by atoms with Crippen molar-refractivity contribution in [2.75, 3.05) is 0 Å². The molecule has 9 heteroatoms. The summed E-state index contributed by atoms with van der Waals surface area (Å²) in [6.45, 7) is 6.73. The molecule has 6 rings (SSSR count). The van der Waals surface area contributed by atoms with E-state index >= 15 is 0 Å². The molecule has 0 spiro atoms. The standard InChI is InChI=1S/C35H32N4O3S2/c1-4-31-37-32-23(2)19-24(3)36-33(32)39(31)22-26-15-17-27(18-16-26)30-21-29(20-25-11-7-5-8-12-25)43-35(30)44(41,42)38-34(40)28-13-9-6-10-14-28/h5-19,21H,4,20,22H2,1-3H3,(H,38,40). The molecule has 3 heterocycles. The number of imidazole rings is 1. The summed E-state index contributed by atoms with van der Waals surface area (Å²) in [5.74, 6) is 0.305. The Labute approximate surface area is 261 Å². The molecule has 0 aliphatic carbocycles. The van der Waals surface area contributed by atoms with Crippen LogP contribution < -0.4 is 4.72 Å². The molecule has 7 nitrogen and oxygen atoms in total. The Morgan fingerprint density at radius 1 is 0.864 bits per heavy atom. The summed E-state index contributed by atoms with van der Waals surface area (Å²) >= 11 is 1.19. The summed E-state index contributed by atoms with van der Waals surface area (Å²) < 4.78 is 31.9. The van der Waals surface area contributed by atoms with Gasteiger partial charge in [0.15, 0.2) is 5.65 Å². The molecule has 1 N–H and O–H groups in total. The van der Waals surface area contributed by atoms with Crippen molar-refractivity contribution in [3.8, 4) is 11.1 Å². The fourth-order valence-electron chi connectivity index (χ4n) is 5.38. The highest BCUT2D eigenvalue weighted by molar-refractivity contribution is 7.92. The number of aryl methyl sites for hydroxylation is 3. The Balaban J connectivity index is 1.35. The maximum Gasteiger partial charge on any atom is 0.274 e. The second kappa shape index (κ2) is 12.2. The summed E-state index contributed by atoms with van der Waals surface area (Å²) in [4.78, 5) is 23.4. The van der Waals surface area contributed by atoms with E-state index in [1.54, 1.807) is 30.3 Å². The molecule has 0 saturated heterocycles. The van der Waals surface area contributed by atoms with Gasteiger partial charge in [-0.05, 0) is 60.4 Å². The van der Waals surface area contributed by atoms with Crippen LogP contribution in [0, 0.1) is 13.8 Å². The lowest BCUT2D eigenvalue weighted by Crippen LogP contribution is -2.30. The molecule has 0 atom stereocenters. The highest BCUT2D eigenvalue weighted by Gasteiger charge is 2.26. The summed E-state index contributed by atoms with van der Waals surface area (Å²) in [5.41, 5.74) is 7.57. The normalized spacial score (nSPS) is 11.6. The van der Waals surface area contributed by atoms with Crippen LogP contribution in [0.2, 0.25) is 0 Å². The van der Waals surface area contributed by atoms with Gasteiger partial charge in [0.25, 0.3) is 15.9 Å². The van der Waals surface area contributed by atoms with E-state index in [2.05, 4.69) is 29.2 Å². The quantitative estimate of drug-likeness (QED) is 0.186. The second-order valence-corrected chi connectivity index (χ2v) is 13.8. The Morgan fingerprint density at radius 2 is 1.55 bits per heavy atom. The molecule has 0 bridgehead atoms. The molecular formula is C35H32N4O3S2. The zero-order valence-electron chi connectivity index (χ0n) is 24.7. The predicted molar refractivity (Wildman–Crippen MR) is 176 cm³/mol. The van der Waals surface area contributed by atoms with Crippen molar-refractivity contribution in [3.63, 3.8) is 0 Å². The van der Waals surface area contributed by atoms with E-state index in [1.807, 2.05) is 67.6 Å². The number of thiophene rings is 1. The van der Waals surface area contributed by atoms with Gasteiger partial charge in [0.1, 0.15) is 15.6 Å². The van der Waals surface area contributed by atoms with E-state index in [1.165, 1.54) is 11.3 Å². The summed E-state index contributed by atoms with van der Waals surface area (Å²) in [6.07, 6.45) is 1.36. The number of rotatable bonds is 9. The van der Waals surface area contributed by atoms with Gasteiger partial charge in [0.2, 0.25) is 0 Å². The summed E-state index contributed by atoms with van der Waals surface area (Å²) in [6, 6.07) is 30.1. The van der Waals surface area contributed by atoms with Crippen LogP contribution >= 0.6 is 11.3 Å². The van der Waals surface area contributed by atoms with Crippen molar-refractivity contribution >= 4 is 38.4 Å². The number of pyridine rings is 1. The number of amides is 1. The second-order valence-electron chi connectivity index (χ2n) is 10.8. The van der Waals surface area contributed by atoms with Gasteiger partial charge in [0, 0.05) is 34.5 Å². The number of nitrogens with zero attached hydrogens (tertiary/aromatic N) is 3. The first-order chi connectivity index (χ1) is 21.2. The van der Waals surface area contributed by atoms with Crippen LogP contribution in [0.4, 0.5) is 0 Å². The fraction of sp³-hybridized carbons (Fsp3) is 0.171. The van der Waals surface area contributed by atoms with Crippen LogP contribution in [-0.4, -0.2) is 28.9 Å². The first-order valence-electron chi connectivity index (χ1n) is 14.4. The number of hydrogen-bond acceptors (Lipinski definition) is 6. The van der Waals surface area contributed by atoms with E-state index in [-0.39, 0.29) is 9.77 Å². The van der Waals surface area contributed by atoms with E-state index in [9.17, 15) is 13.2 Å². The molecule has 3 aromatic heterocycles. The topological polar surface area (TPSA) is 93.9 Å². The first kappa shape index (κ1) is 29.5. The minimum atomic E-state index is -4.15. The lowest BCUT2D eigenvalue weighted by atomic mass is 10.0. The molecule has 1 amide bonds. The molecule has 0 aliphatic rings. The molecular weight excluding hydrogens is 589 g/mol. The van der Waals surface area contributed by atoms with Crippen molar-refractivity contribution in [3.05, 3.63) is 136 Å². The fourth-order valence-corrected chi connectivity index (χ4v) is 8.13. The van der Waals surface area contributed by atoms with E-state index in [0.717, 1.165) is 56.2 Å². The van der Waals surface area contributed by atoms with Gasteiger partial charge in [-0.1, -0.05) is 79.7 Å².